The molecule has 1 aliphatic rings. The number of carbonyl (C=O) groups is 1. The number of amides is 1. The van der Waals surface area contributed by atoms with E-state index in [4.69, 9.17) is 0 Å². The molecule has 0 aliphatic heterocycles. The van der Waals surface area contributed by atoms with Crippen molar-refractivity contribution in [2.75, 3.05) is 6.26 Å². The Kier molecular flexibility index (Phi) is 5.50. The summed E-state index contributed by atoms with van der Waals surface area (Å²) in [6.07, 6.45) is 7.31. The fourth-order valence-electron chi connectivity index (χ4n) is 3.07. The van der Waals surface area contributed by atoms with E-state index in [9.17, 15) is 9.18 Å². The van der Waals surface area contributed by atoms with Gasteiger partial charge < -0.3 is 5.32 Å². The second-order valence-electron chi connectivity index (χ2n) is 5.97. The Balaban J connectivity index is 1.75. The van der Waals surface area contributed by atoms with Gasteiger partial charge in [-0.3, -0.25) is 9.36 Å². The monoisotopic (exact) mass is 348 g/mol. The minimum absolute atomic E-state index is 0.0917. The van der Waals surface area contributed by atoms with E-state index in [1.165, 1.54) is 30.3 Å². The highest BCUT2D eigenvalue weighted by Gasteiger charge is 2.22. The van der Waals surface area contributed by atoms with E-state index in [1.54, 1.807) is 12.1 Å². The Bertz CT molecular complexity index is 695. The van der Waals surface area contributed by atoms with E-state index in [2.05, 4.69) is 15.5 Å². The third-order valence-corrected chi connectivity index (χ3v) is 4.99. The van der Waals surface area contributed by atoms with Gasteiger partial charge in [0.15, 0.2) is 11.0 Å². The summed E-state index contributed by atoms with van der Waals surface area (Å²) in [4.78, 5) is 12.3. The molecule has 1 fully saturated rings. The van der Waals surface area contributed by atoms with Crippen molar-refractivity contribution in [3.63, 3.8) is 0 Å². The molecule has 1 aliphatic carbocycles. The minimum atomic E-state index is -0.287. The van der Waals surface area contributed by atoms with Crippen LogP contribution in [-0.2, 0) is 11.3 Å². The van der Waals surface area contributed by atoms with Gasteiger partial charge in [0.2, 0.25) is 5.91 Å². The molecule has 1 amide bonds. The Morgan fingerprint density at radius 3 is 2.62 bits per heavy atom. The lowest BCUT2D eigenvalue weighted by atomic mass is 9.89. The first-order valence-corrected chi connectivity index (χ1v) is 9.43. The van der Waals surface area contributed by atoms with Gasteiger partial charge in [-0.25, -0.2) is 4.39 Å². The number of nitrogens with zero attached hydrogens (tertiary/aromatic N) is 3. The van der Waals surface area contributed by atoms with E-state index < -0.39 is 0 Å². The van der Waals surface area contributed by atoms with Crippen LogP contribution in [0.4, 0.5) is 4.39 Å². The van der Waals surface area contributed by atoms with Crippen molar-refractivity contribution >= 4 is 17.7 Å². The summed E-state index contributed by atoms with van der Waals surface area (Å²) in [6.45, 7) is 0.320. The quantitative estimate of drug-likeness (QED) is 0.842. The Hall–Kier alpha value is -1.89. The zero-order valence-corrected chi connectivity index (χ0v) is 14.5. The molecule has 3 rings (SSSR count). The number of benzene rings is 1. The van der Waals surface area contributed by atoms with Crippen LogP contribution in [0.5, 0.6) is 0 Å². The molecule has 0 atom stereocenters. The maximum Gasteiger partial charge on any atom is 0.223 e. The number of rotatable bonds is 5. The predicted octanol–water partition coefficient (Wildman–Crippen LogP) is 3.32. The molecular weight excluding hydrogens is 327 g/mol. The average molecular weight is 348 g/mol. The first-order chi connectivity index (χ1) is 11.7. The number of carbonyl (C=O) groups excluding carboxylic acids is 1. The second kappa shape index (κ2) is 7.79. The van der Waals surface area contributed by atoms with Crippen LogP contribution in [0.1, 0.15) is 37.9 Å². The number of hydrogen-bond donors (Lipinski definition) is 1. The van der Waals surface area contributed by atoms with Gasteiger partial charge >= 0.3 is 0 Å². The molecule has 7 heteroatoms. The Morgan fingerprint density at radius 2 is 1.96 bits per heavy atom. The van der Waals surface area contributed by atoms with E-state index in [1.807, 2.05) is 10.8 Å². The predicted molar refractivity (Wildman–Crippen MR) is 91.5 cm³/mol. The SMILES string of the molecule is CSc1nnc(CNC(=O)C2CCCCC2)n1-c1ccc(F)cc1. The standard InChI is InChI=1S/C17H21FN4OS/c1-24-17-21-20-15(22(17)14-9-7-13(18)8-10-14)11-19-16(23)12-5-3-2-4-6-12/h7-10,12H,2-6,11H2,1H3,(H,19,23). The lowest BCUT2D eigenvalue weighted by Crippen LogP contribution is -2.32. The highest BCUT2D eigenvalue weighted by atomic mass is 32.2. The summed E-state index contributed by atoms with van der Waals surface area (Å²) in [6, 6.07) is 6.18. The van der Waals surface area contributed by atoms with Crippen molar-refractivity contribution in [2.24, 2.45) is 5.92 Å². The summed E-state index contributed by atoms with van der Waals surface area (Å²) < 4.78 is 15.0. The van der Waals surface area contributed by atoms with Crippen LogP contribution in [0.15, 0.2) is 29.4 Å². The molecule has 128 valence electrons. The zero-order chi connectivity index (χ0) is 16.9. The van der Waals surface area contributed by atoms with E-state index in [-0.39, 0.29) is 17.6 Å². The molecule has 1 N–H and O–H groups in total. The highest BCUT2D eigenvalue weighted by molar-refractivity contribution is 7.98. The first kappa shape index (κ1) is 17.0. The third-order valence-electron chi connectivity index (χ3n) is 4.36. The molecule has 1 heterocycles. The smallest absolute Gasteiger partial charge is 0.223 e. The topological polar surface area (TPSA) is 59.8 Å². The lowest BCUT2D eigenvalue weighted by Gasteiger charge is -2.20. The molecule has 0 saturated heterocycles. The van der Waals surface area contributed by atoms with Crippen LogP contribution < -0.4 is 5.32 Å². The van der Waals surface area contributed by atoms with Gasteiger partial charge in [0.05, 0.1) is 6.54 Å². The molecular formula is C17H21FN4OS. The van der Waals surface area contributed by atoms with Crippen molar-refractivity contribution in [2.45, 2.75) is 43.8 Å². The Morgan fingerprint density at radius 1 is 1.25 bits per heavy atom. The molecule has 1 saturated carbocycles. The van der Waals surface area contributed by atoms with Crippen molar-refractivity contribution in [3.05, 3.63) is 35.9 Å². The van der Waals surface area contributed by atoms with Gasteiger partial charge in [-0.05, 0) is 43.4 Å². The third kappa shape index (κ3) is 3.77. The fraction of sp³-hybridized carbons (Fsp3) is 0.471. The molecule has 1 aromatic carbocycles. The molecule has 5 nitrogen and oxygen atoms in total. The van der Waals surface area contributed by atoms with Crippen LogP contribution in [-0.4, -0.2) is 26.9 Å². The summed E-state index contributed by atoms with van der Waals surface area (Å²) >= 11 is 1.46. The molecule has 0 unspecified atom stereocenters. The summed E-state index contributed by atoms with van der Waals surface area (Å²) in [5, 5.41) is 12.0. The number of halogens is 1. The number of nitrogens with one attached hydrogen (secondary N) is 1. The molecule has 0 radical (unpaired) electrons. The van der Waals surface area contributed by atoms with E-state index >= 15 is 0 Å². The molecule has 1 aromatic heterocycles. The Labute approximate surface area is 145 Å². The van der Waals surface area contributed by atoms with Crippen LogP contribution in [0.2, 0.25) is 0 Å². The van der Waals surface area contributed by atoms with Gasteiger partial charge in [-0.15, -0.1) is 10.2 Å². The molecule has 24 heavy (non-hydrogen) atoms. The van der Waals surface area contributed by atoms with Crippen LogP contribution in [0.25, 0.3) is 5.69 Å². The maximum atomic E-state index is 13.2. The normalized spacial score (nSPS) is 15.4. The highest BCUT2D eigenvalue weighted by Crippen LogP contribution is 2.24. The number of hydrogen-bond acceptors (Lipinski definition) is 4. The summed E-state index contributed by atoms with van der Waals surface area (Å²) in [5.74, 6) is 0.565. The summed E-state index contributed by atoms with van der Waals surface area (Å²) in [5.41, 5.74) is 0.785. The van der Waals surface area contributed by atoms with Gasteiger partial charge in [0.25, 0.3) is 0 Å². The largest absolute Gasteiger partial charge is 0.349 e. The van der Waals surface area contributed by atoms with Gasteiger partial charge in [-0.1, -0.05) is 31.0 Å². The van der Waals surface area contributed by atoms with E-state index in [0.29, 0.717) is 17.5 Å². The minimum Gasteiger partial charge on any atom is -0.349 e. The summed E-state index contributed by atoms with van der Waals surface area (Å²) in [7, 11) is 0. The zero-order valence-electron chi connectivity index (χ0n) is 13.7. The molecule has 2 aromatic rings. The fourth-order valence-corrected chi connectivity index (χ4v) is 3.59. The average Bonchev–Trinajstić information content (AvgIpc) is 3.04. The van der Waals surface area contributed by atoms with Crippen LogP contribution >= 0.6 is 11.8 Å². The van der Waals surface area contributed by atoms with Crippen molar-refractivity contribution in [3.8, 4) is 5.69 Å². The van der Waals surface area contributed by atoms with Gasteiger partial charge in [0.1, 0.15) is 5.82 Å². The second-order valence-corrected chi connectivity index (χ2v) is 6.74. The van der Waals surface area contributed by atoms with Crippen molar-refractivity contribution in [1.82, 2.24) is 20.1 Å². The number of thioether (sulfide) groups is 1. The van der Waals surface area contributed by atoms with Gasteiger partial charge in [-0.2, -0.15) is 0 Å². The van der Waals surface area contributed by atoms with Crippen molar-refractivity contribution in [1.29, 1.82) is 0 Å². The molecule has 0 spiro atoms. The van der Waals surface area contributed by atoms with Crippen LogP contribution in [0.3, 0.4) is 0 Å². The molecule has 0 bridgehead atoms. The maximum absolute atomic E-state index is 13.2. The first-order valence-electron chi connectivity index (χ1n) is 8.21. The number of aromatic nitrogens is 3. The van der Waals surface area contributed by atoms with Gasteiger partial charge in [0, 0.05) is 11.6 Å². The van der Waals surface area contributed by atoms with Crippen LogP contribution in [0, 0.1) is 11.7 Å². The van der Waals surface area contributed by atoms with E-state index in [0.717, 1.165) is 31.4 Å². The lowest BCUT2D eigenvalue weighted by molar-refractivity contribution is -0.126. The van der Waals surface area contributed by atoms with Crippen molar-refractivity contribution < 1.29 is 9.18 Å².